The summed E-state index contributed by atoms with van der Waals surface area (Å²) in [6.45, 7) is 0. The lowest BCUT2D eigenvalue weighted by Gasteiger charge is -2.57. The average Bonchev–Trinajstić information content (AvgIpc) is 2.37. The highest BCUT2D eigenvalue weighted by molar-refractivity contribution is 5.38. The molecule has 4 aliphatic rings. The van der Waals surface area contributed by atoms with Gasteiger partial charge in [-0.15, -0.1) is 0 Å². The zero-order valence-corrected chi connectivity index (χ0v) is 11.0. The maximum absolute atomic E-state index is 8.76. The Morgan fingerprint density at radius 1 is 1.05 bits per heavy atom. The Kier molecular flexibility index (Phi) is 2.32. The van der Waals surface area contributed by atoms with Crippen LogP contribution in [-0.4, -0.2) is 15.5 Å². The molecule has 0 atom stereocenters. The second-order valence-electron chi connectivity index (χ2n) is 6.72. The first-order chi connectivity index (χ1) is 9.25. The van der Waals surface area contributed by atoms with Gasteiger partial charge in [0.15, 0.2) is 5.69 Å². The summed E-state index contributed by atoms with van der Waals surface area (Å²) in [5.74, 6) is 3.60. The highest BCUT2D eigenvalue weighted by Gasteiger charge is 2.51. The molecule has 0 unspecified atom stereocenters. The number of nitrogens with zero attached hydrogens (tertiary/aromatic N) is 3. The van der Waals surface area contributed by atoms with Gasteiger partial charge in [-0.1, -0.05) is 0 Å². The first-order valence-corrected chi connectivity index (χ1v) is 7.25. The quantitative estimate of drug-likeness (QED) is 0.881. The van der Waals surface area contributed by atoms with Crippen LogP contribution in [0.4, 0.5) is 5.82 Å². The molecule has 1 aromatic heterocycles. The van der Waals surface area contributed by atoms with Crippen LogP contribution in [0.5, 0.6) is 0 Å². The van der Waals surface area contributed by atoms with Crippen LogP contribution in [0.3, 0.4) is 0 Å². The fourth-order valence-corrected chi connectivity index (χ4v) is 4.99. The first-order valence-electron chi connectivity index (χ1n) is 7.25. The van der Waals surface area contributed by atoms with Crippen LogP contribution in [0.15, 0.2) is 12.4 Å². The molecule has 1 heterocycles. The summed E-state index contributed by atoms with van der Waals surface area (Å²) < 4.78 is 0. The molecular weight excluding hydrogens is 236 g/mol. The maximum Gasteiger partial charge on any atom is 0.158 e. The molecule has 4 nitrogen and oxygen atoms in total. The summed E-state index contributed by atoms with van der Waals surface area (Å²) in [6, 6.07) is 2.01. The van der Waals surface area contributed by atoms with Gasteiger partial charge in [-0.25, -0.2) is 9.97 Å². The van der Waals surface area contributed by atoms with Crippen LogP contribution in [0.1, 0.15) is 44.2 Å². The van der Waals surface area contributed by atoms with E-state index in [-0.39, 0.29) is 5.54 Å². The van der Waals surface area contributed by atoms with Gasteiger partial charge in [0, 0.05) is 5.54 Å². The molecule has 4 bridgehead atoms. The van der Waals surface area contributed by atoms with E-state index in [9.17, 15) is 0 Å². The minimum absolute atomic E-state index is 0.261. The number of hydrogen-bond acceptors (Lipinski definition) is 4. The lowest BCUT2D eigenvalue weighted by atomic mass is 9.53. The van der Waals surface area contributed by atoms with E-state index in [2.05, 4.69) is 15.3 Å². The summed E-state index contributed by atoms with van der Waals surface area (Å²) in [5, 5.41) is 12.4. The molecule has 0 radical (unpaired) electrons. The van der Waals surface area contributed by atoms with Crippen LogP contribution >= 0.6 is 0 Å². The lowest BCUT2D eigenvalue weighted by molar-refractivity contribution is 0.0105. The minimum atomic E-state index is 0.261. The zero-order valence-electron chi connectivity index (χ0n) is 11.0. The summed E-state index contributed by atoms with van der Waals surface area (Å²) >= 11 is 0. The highest BCUT2D eigenvalue weighted by atomic mass is 15.1. The largest absolute Gasteiger partial charge is 0.363 e. The predicted molar refractivity (Wildman–Crippen MR) is 71.3 cm³/mol. The summed E-state index contributed by atoms with van der Waals surface area (Å²) in [7, 11) is 0. The van der Waals surface area contributed by atoms with Gasteiger partial charge in [-0.05, 0) is 56.3 Å². The molecule has 0 aromatic carbocycles. The molecule has 0 aliphatic heterocycles. The van der Waals surface area contributed by atoms with E-state index < -0.39 is 0 Å². The average molecular weight is 254 g/mol. The smallest absolute Gasteiger partial charge is 0.158 e. The van der Waals surface area contributed by atoms with Crippen molar-refractivity contribution >= 4 is 5.82 Å². The SMILES string of the molecule is N#Cc1cnc(NC23CC4CC(CC(C4)C2)C3)cn1. The van der Waals surface area contributed by atoms with Crippen molar-refractivity contribution in [3.05, 3.63) is 18.1 Å². The van der Waals surface area contributed by atoms with Crippen LogP contribution in [0.2, 0.25) is 0 Å². The van der Waals surface area contributed by atoms with Crippen molar-refractivity contribution in [2.45, 2.75) is 44.1 Å². The van der Waals surface area contributed by atoms with Crippen molar-refractivity contribution in [1.82, 2.24) is 9.97 Å². The van der Waals surface area contributed by atoms with Crippen molar-refractivity contribution in [3.63, 3.8) is 0 Å². The Morgan fingerprint density at radius 2 is 1.68 bits per heavy atom. The summed E-state index contributed by atoms with van der Waals surface area (Å²) in [5.41, 5.74) is 0.647. The third-order valence-electron chi connectivity index (χ3n) is 5.20. The predicted octanol–water partition coefficient (Wildman–Crippen LogP) is 2.73. The van der Waals surface area contributed by atoms with Gasteiger partial charge in [0.25, 0.3) is 0 Å². The van der Waals surface area contributed by atoms with Gasteiger partial charge < -0.3 is 5.32 Å². The molecule has 4 heteroatoms. The molecule has 4 saturated carbocycles. The van der Waals surface area contributed by atoms with E-state index in [1.807, 2.05) is 6.07 Å². The van der Waals surface area contributed by atoms with Gasteiger partial charge in [-0.2, -0.15) is 5.26 Å². The molecule has 19 heavy (non-hydrogen) atoms. The third kappa shape index (κ3) is 1.88. The second-order valence-corrected chi connectivity index (χ2v) is 6.72. The third-order valence-corrected chi connectivity index (χ3v) is 5.20. The van der Waals surface area contributed by atoms with E-state index >= 15 is 0 Å². The monoisotopic (exact) mass is 254 g/mol. The van der Waals surface area contributed by atoms with Gasteiger partial charge >= 0.3 is 0 Å². The van der Waals surface area contributed by atoms with Gasteiger partial charge in [0.1, 0.15) is 11.9 Å². The van der Waals surface area contributed by atoms with Crippen molar-refractivity contribution in [2.24, 2.45) is 17.8 Å². The van der Waals surface area contributed by atoms with Crippen LogP contribution in [-0.2, 0) is 0 Å². The minimum Gasteiger partial charge on any atom is -0.363 e. The molecule has 1 aromatic rings. The lowest BCUT2D eigenvalue weighted by Crippen LogP contribution is -2.54. The number of nitrogens with one attached hydrogen (secondary N) is 1. The maximum atomic E-state index is 8.76. The second kappa shape index (κ2) is 3.93. The zero-order chi connectivity index (χ0) is 12.9. The first kappa shape index (κ1) is 11.2. The number of hydrogen-bond donors (Lipinski definition) is 1. The standard InChI is InChI=1S/C15H18N4/c16-7-13-8-18-14(9-17-13)19-15-4-10-1-11(5-15)3-12(2-10)6-15/h8-12H,1-6H2,(H,18,19). The topological polar surface area (TPSA) is 61.6 Å². The normalized spacial score (nSPS) is 39.0. The molecule has 0 spiro atoms. The Morgan fingerprint density at radius 3 is 2.16 bits per heavy atom. The van der Waals surface area contributed by atoms with E-state index in [1.54, 1.807) is 12.4 Å². The molecule has 0 amide bonds. The van der Waals surface area contributed by atoms with E-state index in [0.29, 0.717) is 5.69 Å². The molecule has 0 saturated heterocycles. The fourth-order valence-electron chi connectivity index (χ4n) is 4.99. The van der Waals surface area contributed by atoms with Gasteiger partial charge in [0.2, 0.25) is 0 Å². The number of nitriles is 1. The Labute approximate surface area is 113 Å². The molecule has 4 fully saturated rings. The Balaban J connectivity index is 1.57. The van der Waals surface area contributed by atoms with E-state index in [0.717, 1.165) is 23.6 Å². The number of aromatic nitrogens is 2. The van der Waals surface area contributed by atoms with Crippen LogP contribution < -0.4 is 5.32 Å². The summed E-state index contributed by atoms with van der Waals surface area (Å²) in [6.07, 6.45) is 11.5. The van der Waals surface area contributed by atoms with Crippen molar-refractivity contribution in [1.29, 1.82) is 5.26 Å². The molecular formula is C15H18N4. The van der Waals surface area contributed by atoms with E-state index in [1.165, 1.54) is 38.5 Å². The fraction of sp³-hybridized carbons (Fsp3) is 0.667. The van der Waals surface area contributed by atoms with E-state index in [4.69, 9.17) is 5.26 Å². The van der Waals surface area contributed by atoms with Crippen molar-refractivity contribution in [3.8, 4) is 6.07 Å². The van der Waals surface area contributed by atoms with Crippen molar-refractivity contribution < 1.29 is 0 Å². The highest BCUT2D eigenvalue weighted by Crippen LogP contribution is 2.56. The molecule has 98 valence electrons. The molecule has 4 aliphatic carbocycles. The summed E-state index contributed by atoms with van der Waals surface area (Å²) in [4.78, 5) is 8.44. The van der Waals surface area contributed by atoms with Gasteiger partial charge in [0.05, 0.1) is 12.4 Å². The van der Waals surface area contributed by atoms with Crippen molar-refractivity contribution in [2.75, 3.05) is 5.32 Å². The van der Waals surface area contributed by atoms with Gasteiger partial charge in [-0.3, -0.25) is 0 Å². The Hall–Kier alpha value is -1.63. The van der Waals surface area contributed by atoms with Crippen LogP contribution in [0.25, 0.3) is 0 Å². The number of rotatable bonds is 2. The Bertz CT molecular complexity index is 493. The number of anilines is 1. The molecule has 5 rings (SSSR count). The van der Waals surface area contributed by atoms with Crippen LogP contribution in [0, 0.1) is 29.1 Å². The molecule has 1 N–H and O–H groups in total.